The molecule has 1 aliphatic heterocycles. The van der Waals surface area contributed by atoms with Gasteiger partial charge in [0.1, 0.15) is 0 Å². The predicted octanol–water partition coefficient (Wildman–Crippen LogP) is 1.79. The summed E-state index contributed by atoms with van der Waals surface area (Å²) in [6, 6.07) is 9.07. The molecule has 0 aliphatic carbocycles. The lowest BCUT2D eigenvalue weighted by atomic mass is 10.0. The molecule has 1 amide bonds. The second kappa shape index (κ2) is 9.62. The molecule has 0 saturated carbocycles. The third-order valence-electron chi connectivity index (χ3n) is 5.06. The van der Waals surface area contributed by atoms with Crippen LogP contribution < -0.4 is 5.32 Å². The molecule has 1 fully saturated rings. The number of nitrogens with one attached hydrogen (secondary N) is 1. The van der Waals surface area contributed by atoms with E-state index in [4.69, 9.17) is 5.11 Å². The van der Waals surface area contributed by atoms with Crippen molar-refractivity contribution in [3.63, 3.8) is 0 Å². The Labute approximate surface area is 160 Å². The second-order valence-corrected chi connectivity index (χ2v) is 7.12. The molecular formula is C20H29N5O2. The highest BCUT2D eigenvalue weighted by Crippen LogP contribution is 2.22. The first-order chi connectivity index (χ1) is 13.2. The number of aliphatic hydroxyl groups excluding tert-OH is 1. The summed E-state index contributed by atoms with van der Waals surface area (Å²) in [5, 5.41) is 19.7. The number of aliphatic hydroxyl groups is 1. The van der Waals surface area contributed by atoms with E-state index in [-0.39, 0.29) is 18.6 Å². The molecule has 0 bridgehead atoms. The molecule has 7 heteroatoms. The van der Waals surface area contributed by atoms with Gasteiger partial charge in [-0.3, -0.25) is 9.69 Å². The molecule has 7 nitrogen and oxygen atoms in total. The fourth-order valence-corrected chi connectivity index (χ4v) is 3.46. The van der Waals surface area contributed by atoms with Gasteiger partial charge >= 0.3 is 0 Å². The molecule has 2 heterocycles. The van der Waals surface area contributed by atoms with Crippen LogP contribution in [0.5, 0.6) is 0 Å². The van der Waals surface area contributed by atoms with Crippen molar-refractivity contribution in [1.29, 1.82) is 0 Å². The van der Waals surface area contributed by atoms with Crippen LogP contribution in [-0.2, 0) is 13.0 Å². The third-order valence-corrected chi connectivity index (χ3v) is 5.06. The molecule has 2 aromatic rings. The smallest absolute Gasteiger partial charge is 0.273 e. The molecule has 1 aromatic carbocycles. The number of likely N-dealkylation sites (tertiary alicyclic amines) is 1. The number of carbonyl (C=O) groups is 1. The van der Waals surface area contributed by atoms with E-state index in [1.54, 1.807) is 6.20 Å². The van der Waals surface area contributed by atoms with Crippen LogP contribution in [0.4, 0.5) is 0 Å². The van der Waals surface area contributed by atoms with Crippen molar-refractivity contribution in [1.82, 2.24) is 25.2 Å². The fraction of sp³-hybridized carbons (Fsp3) is 0.550. The molecule has 3 rings (SSSR count). The van der Waals surface area contributed by atoms with Crippen LogP contribution in [0.1, 0.15) is 53.8 Å². The number of benzene rings is 1. The summed E-state index contributed by atoms with van der Waals surface area (Å²) < 4.78 is 1.83. The summed E-state index contributed by atoms with van der Waals surface area (Å²) in [6.45, 7) is 5.59. The van der Waals surface area contributed by atoms with E-state index in [2.05, 4.69) is 51.7 Å². The highest BCUT2D eigenvalue weighted by Gasteiger charge is 2.23. The normalized spacial score (nSPS) is 17.8. The minimum absolute atomic E-state index is 0.0616. The van der Waals surface area contributed by atoms with Gasteiger partial charge in [0.2, 0.25) is 0 Å². The number of amides is 1. The van der Waals surface area contributed by atoms with Crippen molar-refractivity contribution in [2.45, 2.75) is 45.2 Å². The number of hydrogen-bond donors (Lipinski definition) is 2. The SMILES string of the molecule is CCc1ccc(CN2CCCC(n3cc(C(=O)NCCCO)nn3)C2)cc1. The summed E-state index contributed by atoms with van der Waals surface area (Å²) in [5.41, 5.74) is 3.03. The molecule has 146 valence electrons. The maximum Gasteiger partial charge on any atom is 0.273 e. The number of nitrogens with zero attached hydrogens (tertiary/aromatic N) is 4. The van der Waals surface area contributed by atoms with Crippen molar-refractivity contribution in [2.24, 2.45) is 0 Å². The minimum Gasteiger partial charge on any atom is -0.396 e. The van der Waals surface area contributed by atoms with Gasteiger partial charge in [0.25, 0.3) is 5.91 Å². The number of aryl methyl sites for hydroxylation is 1. The molecule has 1 aromatic heterocycles. The average molecular weight is 371 g/mol. The van der Waals surface area contributed by atoms with Gasteiger partial charge in [-0.05, 0) is 43.4 Å². The van der Waals surface area contributed by atoms with Gasteiger partial charge in [-0.1, -0.05) is 36.4 Å². The number of hydrogen-bond acceptors (Lipinski definition) is 5. The lowest BCUT2D eigenvalue weighted by Crippen LogP contribution is -2.36. The quantitative estimate of drug-likeness (QED) is 0.691. The van der Waals surface area contributed by atoms with Crippen LogP contribution in [-0.4, -0.2) is 57.1 Å². The van der Waals surface area contributed by atoms with Gasteiger partial charge in [0, 0.05) is 26.2 Å². The Kier molecular flexibility index (Phi) is 6.95. The van der Waals surface area contributed by atoms with Crippen LogP contribution in [0.2, 0.25) is 0 Å². The number of carbonyl (C=O) groups excluding carboxylic acids is 1. The monoisotopic (exact) mass is 371 g/mol. The van der Waals surface area contributed by atoms with Crippen molar-refractivity contribution in [3.8, 4) is 0 Å². The molecule has 1 unspecified atom stereocenters. The fourth-order valence-electron chi connectivity index (χ4n) is 3.46. The van der Waals surface area contributed by atoms with E-state index in [9.17, 15) is 4.79 Å². The van der Waals surface area contributed by atoms with Gasteiger partial charge in [0.15, 0.2) is 5.69 Å². The Bertz CT molecular complexity index is 728. The lowest BCUT2D eigenvalue weighted by molar-refractivity contribution is 0.0946. The van der Waals surface area contributed by atoms with E-state index in [0.717, 1.165) is 38.9 Å². The first-order valence-electron chi connectivity index (χ1n) is 9.80. The summed E-state index contributed by atoms with van der Waals surface area (Å²) in [4.78, 5) is 14.5. The molecule has 2 N–H and O–H groups in total. The Hall–Kier alpha value is -2.25. The largest absolute Gasteiger partial charge is 0.396 e. The van der Waals surface area contributed by atoms with Crippen LogP contribution in [0.25, 0.3) is 0 Å². The number of rotatable bonds is 8. The van der Waals surface area contributed by atoms with E-state index in [1.165, 1.54) is 11.1 Å². The molecule has 0 radical (unpaired) electrons. The van der Waals surface area contributed by atoms with Gasteiger partial charge in [-0.25, -0.2) is 4.68 Å². The molecule has 1 aliphatic rings. The van der Waals surface area contributed by atoms with Crippen LogP contribution in [0.15, 0.2) is 30.5 Å². The average Bonchev–Trinajstić information content (AvgIpc) is 3.19. The Morgan fingerprint density at radius 3 is 2.81 bits per heavy atom. The second-order valence-electron chi connectivity index (χ2n) is 7.12. The molecule has 1 saturated heterocycles. The first kappa shape index (κ1) is 19.5. The van der Waals surface area contributed by atoms with Crippen LogP contribution in [0, 0.1) is 0 Å². The molecule has 27 heavy (non-hydrogen) atoms. The topological polar surface area (TPSA) is 83.3 Å². The minimum atomic E-state index is -0.238. The Morgan fingerprint density at radius 2 is 2.07 bits per heavy atom. The zero-order valence-electron chi connectivity index (χ0n) is 16.0. The van der Waals surface area contributed by atoms with Crippen molar-refractivity contribution in [3.05, 3.63) is 47.3 Å². The van der Waals surface area contributed by atoms with E-state index >= 15 is 0 Å². The van der Waals surface area contributed by atoms with E-state index in [1.807, 2.05) is 4.68 Å². The maximum atomic E-state index is 12.1. The van der Waals surface area contributed by atoms with Crippen molar-refractivity contribution in [2.75, 3.05) is 26.2 Å². The summed E-state index contributed by atoms with van der Waals surface area (Å²) in [5.74, 6) is -0.238. The van der Waals surface area contributed by atoms with E-state index in [0.29, 0.717) is 18.7 Å². The molecule has 0 spiro atoms. The van der Waals surface area contributed by atoms with Gasteiger partial charge < -0.3 is 10.4 Å². The Morgan fingerprint density at radius 1 is 1.30 bits per heavy atom. The highest BCUT2D eigenvalue weighted by molar-refractivity contribution is 5.91. The van der Waals surface area contributed by atoms with E-state index < -0.39 is 0 Å². The zero-order valence-corrected chi connectivity index (χ0v) is 16.0. The van der Waals surface area contributed by atoms with Crippen molar-refractivity contribution < 1.29 is 9.90 Å². The zero-order chi connectivity index (χ0) is 19.1. The van der Waals surface area contributed by atoms with Gasteiger partial charge in [-0.2, -0.15) is 0 Å². The summed E-state index contributed by atoms with van der Waals surface area (Å²) >= 11 is 0. The number of aromatic nitrogens is 3. The first-order valence-corrected chi connectivity index (χ1v) is 9.80. The molecule has 1 atom stereocenters. The molecular weight excluding hydrogens is 342 g/mol. The van der Waals surface area contributed by atoms with Crippen molar-refractivity contribution >= 4 is 5.91 Å². The van der Waals surface area contributed by atoms with Crippen LogP contribution >= 0.6 is 0 Å². The third kappa shape index (κ3) is 5.37. The summed E-state index contributed by atoms with van der Waals surface area (Å²) in [6.07, 6.45) is 5.49. The highest BCUT2D eigenvalue weighted by atomic mass is 16.3. The predicted molar refractivity (Wildman–Crippen MR) is 103 cm³/mol. The van der Waals surface area contributed by atoms with Crippen LogP contribution in [0.3, 0.4) is 0 Å². The lowest BCUT2D eigenvalue weighted by Gasteiger charge is -2.32. The standard InChI is InChI=1S/C20H29N5O2/c1-2-16-6-8-17(9-7-16)13-24-11-3-5-18(14-24)25-15-19(22-23-25)20(27)21-10-4-12-26/h6-9,15,18,26H,2-5,10-14H2,1H3,(H,21,27). The Balaban J connectivity index is 1.56. The maximum absolute atomic E-state index is 12.1. The summed E-state index contributed by atoms with van der Waals surface area (Å²) in [7, 11) is 0. The number of piperidine rings is 1. The van der Waals surface area contributed by atoms with Gasteiger partial charge in [-0.15, -0.1) is 5.10 Å². The van der Waals surface area contributed by atoms with Gasteiger partial charge in [0.05, 0.1) is 12.2 Å².